The minimum absolute atomic E-state index is 0.0815. The van der Waals surface area contributed by atoms with E-state index in [2.05, 4.69) is 27.9 Å². The van der Waals surface area contributed by atoms with E-state index in [4.69, 9.17) is 0 Å². The molecule has 0 radical (unpaired) electrons. The third-order valence-corrected chi connectivity index (χ3v) is 8.13. The molecule has 9 heteroatoms. The molecule has 0 atom stereocenters. The summed E-state index contributed by atoms with van der Waals surface area (Å²) in [5, 5.41) is 4.66. The Labute approximate surface area is 197 Å². The summed E-state index contributed by atoms with van der Waals surface area (Å²) in [6.45, 7) is 8.05. The highest BCUT2D eigenvalue weighted by atomic mass is 32.2. The minimum Gasteiger partial charge on any atom is -0.371 e. The highest BCUT2D eigenvalue weighted by Gasteiger charge is 2.23. The zero-order valence-corrected chi connectivity index (χ0v) is 20.4. The van der Waals surface area contributed by atoms with Crippen LogP contribution in [0.4, 0.5) is 21.5 Å². The Balaban J connectivity index is 1.60. The first-order chi connectivity index (χ1) is 15.7. The van der Waals surface area contributed by atoms with Gasteiger partial charge in [-0.05, 0) is 86.0 Å². The molecule has 0 bridgehead atoms. The van der Waals surface area contributed by atoms with Crippen molar-refractivity contribution in [1.29, 1.82) is 0 Å². The Hall–Kier alpha value is -2.91. The predicted octanol–water partition coefficient (Wildman–Crippen LogP) is 5.47. The van der Waals surface area contributed by atoms with Crippen LogP contribution in [0.3, 0.4) is 0 Å². The highest BCUT2D eigenvalue weighted by molar-refractivity contribution is 7.92. The van der Waals surface area contributed by atoms with E-state index >= 15 is 0 Å². The van der Waals surface area contributed by atoms with Gasteiger partial charge < -0.3 is 10.2 Å². The highest BCUT2D eigenvalue weighted by Crippen LogP contribution is 2.36. The smallest absolute Gasteiger partial charge is 0.267 e. The molecule has 1 aliphatic heterocycles. The van der Waals surface area contributed by atoms with Gasteiger partial charge in [0.2, 0.25) is 0 Å². The molecule has 1 aliphatic rings. The molecule has 0 aliphatic carbocycles. The average molecular weight is 488 g/mol. The second-order valence-corrected chi connectivity index (χ2v) is 10.8. The summed E-state index contributed by atoms with van der Waals surface area (Å²) in [4.78, 5) is 15.7. The fourth-order valence-electron chi connectivity index (χ4n) is 4.35. The van der Waals surface area contributed by atoms with Gasteiger partial charge in [0.1, 0.15) is 10.7 Å². The third kappa shape index (κ3) is 4.74. The van der Waals surface area contributed by atoms with E-state index in [0.717, 1.165) is 71.9 Å². The molecule has 2 aromatic carbocycles. The third-order valence-electron chi connectivity index (χ3n) is 5.83. The number of hydrogen-bond donors (Lipinski definition) is 2. The number of benzene rings is 2. The summed E-state index contributed by atoms with van der Waals surface area (Å²) < 4.78 is 41.1. The van der Waals surface area contributed by atoms with E-state index in [-0.39, 0.29) is 21.4 Å². The summed E-state index contributed by atoms with van der Waals surface area (Å²) in [6, 6.07) is 8.15. The molecular weight excluding hydrogens is 461 g/mol. The zero-order chi connectivity index (χ0) is 23.8. The lowest BCUT2D eigenvalue weighted by atomic mass is 10.0. The number of aryl methyl sites for hydroxylation is 2. The van der Waals surface area contributed by atoms with E-state index in [9.17, 15) is 17.6 Å². The first kappa shape index (κ1) is 23.3. The van der Waals surface area contributed by atoms with Crippen LogP contribution in [0.15, 0.2) is 46.7 Å². The molecule has 0 saturated carbocycles. The largest absolute Gasteiger partial charge is 0.371 e. The van der Waals surface area contributed by atoms with Gasteiger partial charge in [-0.2, -0.15) is 0 Å². The quantitative estimate of drug-likeness (QED) is 0.484. The summed E-state index contributed by atoms with van der Waals surface area (Å²) in [7, 11) is -3.97. The summed E-state index contributed by atoms with van der Waals surface area (Å²) in [6.07, 6.45) is 2.31. The normalized spacial score (nSPS) is 13.9. The Kier molecular flexibility index (Phi) is 6.45. The Morgan fingerprint density at radius 1 is 1.03 bits per heavy atom. The molecule has 33 heavy (non-hydrogen) atoms. The van der Waals surface area contributed by atoms with Crippen LogP contribution in [0.5, 0.6) is 0 Å². The van der Waals surface area contributed by atoms with Gasteiger partial charge in [-0.15, -0.1) is 11.3 Å². The van der Waals surface area contributed by atoms with E-state index in [0.29, 0.717) is 0 Å². The van der Waals surface area contributed by atoms with Gasteiger partial charge in [0.25, 0.3) is 15.9 Å². The lowest BCUT2D eigenvalue weighted by molar-refractivity contribution is 0.103. The van der Waals surface area contributed by atoms with Crippen molar-refractivity contribution in [3.05, 3.63) is 69.2 Å². The SMILES string of the molecule is Cc1cc(C)c(N2CCCC2)c(C)c1NC(=O)c1sccc1NS(=O)(=O)c1ccc(F)cc1. The van der Waals surface area contributed by atoms with Crippen LogP contribution in [0.2, 0.25) is 0 Å². The minimum atomic E-state index is -3.97. The second kappa shape index (κ2) is 9.15. The van der Waals surface area contributed by atoms with Crippen LogP contribution >= 0.6 is 11.3 Å². The maximum Gasteiger partial charge on any atom is 0.267 e. The van der Waals surface area contributed by atoms with E-state index in [1.54, 1.807) is 11.4 Å². The summed E-state index contributed by atoms with van der Waals surface area (Å²) in [5.74, 6) is -0.911. The number of halogens is 1. The number of thiophene rings is 1. The van der Waals surface area contributed by atoms with Crippen LogP contribution in [0.25, 0.3) is 0 Å². The molecule has 0 spiro atoms. The van der Waals surface area contributed by atoms with Crippen LogP contribution in [-0.4, -0.2) is 27.4 Å². The molecule has 3 aromatic rings. The molecule has 1 saturated heterocycles. The van der Waals surface area contributed by atoms with Crippen LogP contribution in [0.1, 0.15) is 39.2 Å². The molecule has 1 amide bonds. The van der Waals surface area contributed by atoms with Crippen molar-refractivity contribution >= 4 is 44.3 Å². The Morgan fingerprint density at radius 3 is 2.36 bits per heavy atom. The number of carbonyl (C=O) groups excluding carboxylic acids is 1. The van der Waals surface area contributed by atoms with Gasteiger partial charge >= 0.3 is 0 Å². The standard InChI is InChI=1S/C24H26FN3O3S2/c1-15-14-16(2)22(28-11-4-5-12-28)17(3)21(15)26-24(29)23-20(10-13-32-23)27-33(30,31)19-8-6-18(25)7-9-19/h6-10,13-14,27H,4-5,11-12H2,1-3H3,(H,26,29). The molecule has 1 aromatic heterocycles. The molecule has 6 nitrogen and oxygen atoms in total. The first-order valence-corrected chi connectivity index (χ1v) is 13.1. The van der Waals surface area contributed by atoms with Crippen molar-refractivity contribution in [2.24, 2.45) is 0 Å². The zero-order valence-electron chi connectivity index (χ0n) is 18.7. The summed E-state index contributed by atoms with van der Waals surface area (Å²) >= 11 is 1.15. The van der Waals surface area contributed by atoms with Crippen molar-refractivity contribution < 1.29 is 17.6 Å². The fraction of sp³-hybridized carbons (Fsp3) is 0.292. The number of carbonyl (C=O) groups is 1. The lowest BCUT2D eigenvalue weighted by Gasteiger charge is -2.26. The van der Waals surface area contributed by atoms with Gasteiger partial charge in [0, 0.05) is 24.5 Å². The molecule has 2 heterocycles. The lowest BCUT2D eigenvalue weighted by Crippen LogP contribution is -2.22. The number of sulfonamides is 1. The number of amides is 1. The van der Waals surface area contributed by atoms with Gasteiger partial charge in [-0.3, -0.25) is 9.52 Å². The molecule has 4 rings (SSSR count). The Bertz CT molecular complexity index is 1300. The predicted molar refractivity (Wildman–Crippen MR) is 132 cm³/mol. The Morgan fingerprint density at radius 2 is 1.70 bits per heavy atom. The summed E-state index contributed by atoms with van der Waals surface area (Å²) in [5.41, 5.74) is 5.21. The number of nitrogens with one attached hydrogen (secondary N) is 2. The first-order valence-electron chi connectivity index (χ1n) is 10.7. The molecule has 2 N–H and O–H groups in total. The van der Waals surface area contributed by atoms with E-state index in [1.807, 2.05) is 13.8 Å². The van der Waals surface area contributed by atoms with Crippen molar-refractivity contribution in [2.45, 2.75) is 38.5 Å². The van der Waals surface area contributed by atoms with Crippen molar-refractivity contribution in [2.75, 3.05) is 28.0 Å². The van der Waals surface area contributed by atoms with Crippen LogP contribution < -0.4 is 14.9 Å². The van der Waals surface area contributed by atoms with Crippen molar-refractivity contribution in [3.63, 3.8) is 0 Å². The van der Waals surface area contributed by atoms with Gasteiger partial charge in [0.15, 0.2) is 0 Å². The van der Waals surface area contributed by atoms with E-state index in [1.165, 1.54) is 17.7 Å². The molecule has 0 unspecified atom stereocenters. The van der Waals surface area contributed by atoms with Gasteiger partial charge in [-0.25, -0.2) is 12.8 Å². The topological polar surface area (TPSA) is 78.5 Å². The maximum absolute atomic E-state index is 13.2. The number of anilines is 3. The number of hydrogen-bond acceptors (Lipinski definition) is 5. The maximum atomic E-state index is 13.2. The van der Waals surface area contributed by atoms with Crippen molar-refractivity contribution in [3.8, 4) is 0 Å². The molecule has 174 valence electrons. The van der Waals surface area contributed by atoms with Crippen LogP contribution in [0, 0.1) is 26.6 Å². The van der Waals surface area contributed by atoms with Gasteiger partial charge in [0.05, 0.1) is 10.6 Å². The van der Waals surface area contributed by atoms with Crippen LogP contribution in [-0.2, 0) is 10.0 Å². The van der Waals surface area contributed by atoms with E-state index < -0.39 is 15.8 Å². The number of nitrogens with zero attached hydrogens (tertiary/aromatic N) is 1. The average Bonchev–Trinajstić information content (AvgIpc) is 3.43. The molecule has 1 fully saturated rings. The monoisotopic (exact) mass is 487 g/mol. The molecular formula is C24H26FN3O3S2. The van der Waals surface area contributed by atoms with Gasteiger partial charge in [-0.1, -0.05) is 6.07 Å². The van der Waals surface area contributed by atoms with Crippen molar-refractivity contribution in [1.82, 2.24) is 0 Å². The second-order valence-electron chi connectivity index (χ2n) is 8.23. The number of rotatable bonds is 6. The fourth-order valence-corrected chi connectivity index (χ4v) is 6.23.